The van der Waals surface area contributed by atoms with E-state index in [9.17, 15) is 9.18 Å². The lowest BCUT2D eigenvalue weighted by atomic mass is 10.1. The molecule has 5 nitrogen and oxygen atoms in total. The van der Waals surface area contributed by atoms with Crippen LogP contribution in [0.2, 0.25) is 0 Å². The van der Waals surface area contributed by atoms with E-state index in [0.29, 0.717) is 24.3 Å². The average molecular weight is 340 g/mol. The van der Waals surface area contributed by atoms with E-state index in [1.54, 1.807) is 19.2 Å². The fourth-order valence-corrected chi connectivity index (χ4v) is 2.42. The van der Waals surface area contributed by atoms with E-state index in [-0.39, 0.29) is 11.7 Å². The molecule has 0 radical (unpaired) electrons. The number of aromatic nitrogens is 1. The third-order valence-electron chi connectivity index (χ3n) is 3.70. The number of para-hydroxylation sites is 1. The Balaban J connectivity index is 1.59. The fourth-order valence-electron chi connectivity index (χ4n) is 2.42. The Morgan fingerprint density at radius 1 is 1.20 bits per heavy atom. The highest BCUT2D eigenvalue weighted by atomic mass is 19.1. The number of oxazole rings is 1. The second kappa shape index (κ2) is 7.61. The predicted molar refractivity (Wildman–Crippen MR) is 90.9 cm³/mol. The summed E-state index contributed by atoms with van der Waals surface area (Å²) in [6, 6.07) is 13.4. The van der Waals surface area contributed by atoms with Crippen LogP contribution in [0.25, 0.3) is 11.3 Å². The summed E-state index contributed by atoms with van der Waals surface area (Å²) in [5, 5.41) is 2.76. The molecule has 1 amide bonds. The standard InChI is InChI=1S/C19H17FN2O3/c1-24-16-5-3-2-4-13(16)10-11-21-18(23)19-22-12-17(25-19)14-6-8-15(20)9-7-14/h2-9,12H,10-11H2,1H3,(H,21,23). The highest BCUT2D eigenvalue weighted by molar-refractivity contribution is 5.90. The van der Waals surface area contributed by atoms with Crippen LogP contribution < -0.4 is 10.1 Å². The minimum absolute atomic E-state index is 0.0284. The van der Waals surface area contributed by atoms with Crippen molar-refractivity contribution in [1.29, 1.82) is 0 Å². The van der Waals surface area contributed by atoms with E-state index >= 15 is 0 Å². The molecule has 0 saturated heterocycles. The third-order valence-corrected chi connectivity index (χ3v) is 3.70. The Bertz CT molecular complexity index is 859. The molecular formula is C19H17FN2O3. The van der Waals surface area contributed by atoms with Crippen molar-refractivity contribution >= 4 is 5.91 Å². The molecule has 0 spiro atoms. The highest BCUT2D eigenvalue weighted by Gasteiger charge is 2.14. The summed E-state index contributed by atoms with van der Waals surface area (Å²) < 4.78 is 23.7. The summed E-state index contributed by atoms with van der Waals surface area (Å²) in [7, 11) is 1.61. The first kappa shape index (κ1) is 16.7. The molecule has 1 heterocycles. The maximum Gasteiger partial charge on any atom is 0.307 e. The molecule has 0 aliphatic rings. The number of amides is 1. The maximum atomic E-state index is 12.9. The molecule has 1 N–H and O–H groups in total. The van der Waals surface area contributed by atoms with Crippen molar-refractivity contribution in [2.24, 2.45) is 0 Å². The molecule has 3 aromatic rings. The van der Waals surface area contributed by atoms with Crippen LogP contribution in [-0.4, -0.2) is 24.5 Å². The van der Waals surface area contributed by atoms with Gasteiger partial charge in [0.1, 0.15) is 11.6 Å². The van der Waals surface area contributed by atoms with Crippen molar-refractivity contribution < 1.29 is 18.3 Å². The second-order valence-electron chi connectivity index (χ2n) is 5.35. The normalized spacial score (nSPS) is 10.5. The predicted octanol–water partition coefficient (Wildman–Crippen LogP) is 3.46. The van der Waals surface area contributed by atoms with E-state index in [1.807, 2.05) is 24.3 Å². The van der Waals surface area contributed by atoms with Crippen molar-refractivity contribution in [3.63, 3.8) is 0 Å². The Hall–Kier alpha value is -3.15. The van der Waals surface area contributed by atoms with E-state index in [4.69, 9.17) is 9.15 Å². The Labute approximate surface area is 144 Å². The Morgan fingerprint density at radius 3 is 2.72 bits per heavy atom. The van der Waals surface area contributed by atoms with Gasteiger partial charge in [-0.2, -0.15) is 0 Å². The summed E-state index contributed by atoms with van der Waals surface area (Å²) in [4.78, 5) is 16.1. The van der Waals surface area contributed by atoms with Gasteiger partial charge >= 0.3 is 5.91 Å². The number of halogens is 1. The van der Waals surface area contributed by atoms with Gasteiger partial charge in [0.25, 0.3) is 5.89 Å². The fraction of sp³-hybridized carbons (Fsp3) is 0.158. The van der Waals surface area contributed by atoms with Crippen molar-refractivity contribution in [3.05, 3.63) is 72.0 Å². The Morgan fingerprint density at radius 2 is 1.96 bits per heavy atom. The topological polar surface area (TPSA) is 64.4 Å². The number of hydrogen-bond acceptors (Lipinski definition) is 4. The lowest BCUT2D eigenvalue weighted by molar-refractivity contribution is 0.0920. The van der Waals surface area contributed by atoms with E-state index in [1.165, 1.54) is 18.3 Å². The zero-order chi connectivity index (χ0) is 17.6. The molecule has 0 saturated carbocycles. The number of nitrogens with one attached hydrogen (secondary N) is 1. The van der Waals surface area contributed by atoms with Gasteiger partial charge in [0.2, 0.25) is 0 Å². The number of ether oxygens (including phenoxy) is 1. The molecule has 0 unspecified atom stereocenters. The van der Waals surface area contributed by atoms with Crippen molar-refractivity contribution in [3.8, 4) is 17.1 Å². The zero-order valence-corrected chi connectivity index (χ0v) is 13.7. The van der Waals surface area contributed by atoms with Crippen LogP contribution in [0.1, 0.15) is 16.2 Å². The van der Waals surface area contributed by atoms with Crippen LogP contribution in [0.15, 0.2) is 59.1 Å². The number of rotatable bonds is 6. The molecule has 0 bridgehead atoms. The molecule has 0 atom stereocenters. The molecular weight excluding hydrogens is 323 g/mol. The molecule has 1 aromatic heterocycles. The molecule has 25 heavy (non-hydrogen) atoms. The summed E-state index contributed by atoms with van der Waals surface area (Å²) >= 11 is 0. The zero-order valence-electron chi connectivity index (χ0n) is 13.7. The Kier molecular flexibility index (Phi) is 5.09. The third kappa shape index (κ3) is 4.03. The minimum Gasteiger partial charge on any atom is -0.496 e. The van der Waals surface area contributed by atoms with Crippen LogP contribution >= 0.6 is 0 Å². The first-order valence-electron chi connectivity index (χ1n) is 7.79. The molecule has 6 heteroatoms. The molecule has 128 valence electrons. The number of benzene rings is 2. The van der Waals surface area contributed by atoms with E-state index in [2.05, 4.69) is 10.3 Å². The first-order chi connectivity index (χ1) is 12.2. The van der Waals surface area contributed by atoms with Gasteiger partial charge in [-0.3, -0.25) is 4.79 Å². The SMILES string of the molecule is COc1ccccc1CCNC(=O)c1ncc(-c2ccc(F)cc2)o1. The summed E-state index contributed by atoms with van der Waals surface area (Å²) in [5.41, 5.74) is 1.66. The average Bonchev–Trinajstić information content (AvgIpc) is 3.13. The minimum atomic E-state index is -0.400. The first-order valence-corrected chi connectivity index (χ1v) is 7.79. The van der Waals surface area contributed by atoms with Gasteiger partial charge in [0.05, 0.1) is 13.3 Å². The molecule has 0 fully saturated rings. The van der Waals surface area contributed by atoms with Gasteiger partial charge in [0, 0.05) is 12.1 Å². The highest BCUT2D eigenvalue weighted by Crippen LogP contribution is 2.21. The lowest BCUT2D eigenvalue weighted by Gasteiger charge is -2.08. The summed E-state index contributed by atoms with van der Waals surface area (Å²) in [6.45, 7) is 0.424. The smallest absolute Gasteiger partial charge is 0.307 e. The largest absolute Gasteiger partial charge is 0.496 e. The van der Waals surface area contributed by atoms with Gasteiger partial charge < -0.3 is 14.5 Å². The van der Waals surface area contributed by atoms with Gasteiger partial charge in [-0.15, -0.1) is 0 Å². The number of hydrogen-bond donors (Lipinski definition) is 1. The van der Waals surface area contributed by atoms with Crippen LogP contribution in [-0.2, 0) is 6.42 Å². The quantitative estimate of drug-likeness (QED) is 0.746. The van der Waals surface area contributed by atoms with Gasteiger partial charge in [0.15, 0.2) is 5.76 Å². The second-order valence-corrected chi connectivity index (χ2v) is 5.35. The van der Waals surface area contributed by atoms with Gasteiger partial charge in [-0.05, 0) is 42.3 Å². The van der Waals surface area contributed by atoms with E-state index < -0.39 is 5.91 Å². The summed E-state index contributed by atoms with van der Waals surface area (Å²) in [5.74, 6) is 0.432. The lowest BCUT2D eigenvalue weighted by Crippen LogP contribution is -2.26. The van der Waals surface area contributed by atoms with Crippen LogP contribution in [0.4, 0.5) is 4.39 Å². The maximum absolute atomic E-state index is 12.9. The number of carbonyl (C=O) groups is 1. The molecule has 0 aliphatic heterocycles. The van der Waals surface area contributed by atoms with Crippen LogP contribution in [0.3, 0.4) is 0 Å². The van der Waals surface area contributed by atoms with Crippen LogP contribution in [0, 0.1) is 5.82 Å². The van der Waals surface area contributed by atoms with Crippen molar-refractivity contribution in [2.45, 2.75) is 6.42 Å². The monoisotopic (exact) mass is 340 g/mol. The van der Waals surface area contributed by atoms with Crippen molar-refractivity contribution in [1.82, 2.24) is 10.3 Å². The van der Waals surface area contributed by atoms with Crippen LogP contribution in [0.5, 0.6) is 5.75 Å². The van der Waals surface area contributed by atoms with E-state index in [0.717, 1.165) is 11.3 Å². The van der Waals surface area contributed by atoms with Crippen molar-refractivity contribution in [2.75, 3.05) is 13.7 Å². The van der Waals surface area contributed by atoms with Gasteiger partial charge in [-0.1, -0.05) is 18.2 Å². The number of carbonyl (C=O) groups excluding carboxylic acids is 1. The molecule has 3 rings (SSSR count). The van der Waals surface area contributed by atoms with Gasteiger partial charge in [-0.25, -0.2) is 9.37 Å². The molecule has 2 aromatic carbocycles. The molecule has 0 aliphatic carbocycles. The number of nitrogens with zero attached hydrogens (tertiary/aromatic N) is 1. The summed E-state index contributed by atoms with van der Waals surface area (Å²) in [6.07, 6.45) is 2.07. The number of methoxy groups -OCH3 is 1.